The van der Waals surface area contributed by atoms with E-state index in [0.717, 1.165) is 25.2 Å². The van der Waals surface area contributed by atoms with Gasteiger partial charge in [0.2, 0.25) is 0 Å². The van der Waals surface area contributed by atoms with Crippen LogP contribution < -0.4 is 11.3 Å². The summed E-state index contributed by atoms with van der Waals surface area (Å²) in [5.74, 6) is 6.54. The van der Waals surface area contributed by atoms with E-state index >= 15 is 0 Å². The quantitative estimate of drug-likeness (QED) is 0.390. The smallest absolute Gasteiger partial charge is 0.0462 e. The SMILES string of the molecule is COCCCC(CSC(C)(C)C)NN. The van der Waals surface area contributed by atoms with Crippen molar-refractivity contribution < 1.29 is 4.74 Å². The van der Waals surface area contributed by atoms with E-state index in [2.05, 4.69) is 26.2 Å². The molecule has 0 aromatic heterocycles. The number of thioether (sulfide) groups is 1. The van der Waals surface area contributed by atoms with Crippen LogP contribution in [0.25, 0.3) is 0 Å². The minimum absolute atomic E-state index is 0.316. The van der Waals surface area contributed by atoms with Gasteiger partial charge in [0.05, 0.1) is 0 Å². The summed E-state index contributed by atoms with van der Waals surface area (Å²) in [5.41, 5.74) is 2.86. The monoisotopic (exact) mass is 220 g/mol. The van der Waals surface area contributed by atoms with Crippen molar-refractivity contribution in [2.75, 3.05) is 19.5 Å². The van der Waals surface area contributed by atoms with Gasteiger partial charge in [-0.3, -0.25) is 11.3 Å². The average Bonchev–Trinajstić information content (AvgIpc) is 2.09. The number of hydrogen-bond donors (Lipinski definition) is 2. The van der Waals surface area contributed by atoms with Crippen LogP contribution in [0.3, 0.4) is 0 Å². The highest BCUT2D eigenvalue weighted by Crippen LogP contribution is 2.24. The molecule has 0 saturated heterocycles. The highest BCUT2D eigenvalue weighted by molar-refractivity contribution is 8.00. The molecule has 0 amide bonds. The van der Waals surface area contributed by atoms with Gasteiger partial charge in [0.25, 0.3) is 0 Å². The van der Waals surface area contributed by atoms with Crippen molar-refractivity contribution in [3.8, 4) is 0 Å². The average molecular weight is 220 g/mol. The van der Waals surface area contributed by atoms with Crippen molar-refractivity contribution in [2.24, 2.45) is 5.84 Å². The molecule has 86 valence electrons. The summed E-state index contributed by atoms with van der Waals surface area (Å²) in [7, 11) is 1.73. The van der Waals surface area contributed by atoms with Gasteiger partial charge in [-0.25, -0.2) is 0 Å². The highest BCUT2D eigenvalue weighted by Gasteiger charge is 2.14. The van der Waals surface area contributed by atoms with Crippen LogP contribution in [0.4, 0.5) is 0 Å². The Balaban J connectivity index is 3.58. The standard InChI is InChI=1S/C10H24N2OS/c1-10(2,3)14-8-9(12-11)6-5-7-13-4/h9,12H,5-8,11H2,1-4H3. The van der Waals surface area contributed by atoms with Gasteiger partial charge < -0.3 is 4.74 Å². The molecule has 3 nitrogen and oxygen atoms in total. The molecule has 0 aromatic rings. The molecule has 0 aliphatic heterocycles. The predicted molar refractivity (Wildman–Crippen MR) is 64.4 cm³/mol. The molecule has 0 rings (SSSR count). The fourth-order valence-electron chi connectivity index (χ4n) is 1.04. The zero-order valence-electron chi connectivity index (χ0n) is 9.80. The first-order valence-corrected chi connectivity index (χ1v) is 6.07. The lowest BCUT2D eigenvalue weighted by atomic mass is 10.2. The van der Waals surface area contributed by atoms with Gasteiger partial charge in [0.1, 0.15) is 0 Å². The van der Waals surface area contributed by atoms with Crippen molar-refractivity contribution >= 4 is 11.8 Å². The van der Waals surface area contributed by atoms with Crippen LogP contribution in [0.1, 0.15) is 33.6 Å². The van der Waals surface area contributed by atoms with Gasteiger partial charge in [-0.15, -0.1) is 0 Å². The summed E-state index contributed by atoms with van der Waals surface area (Å²) in [4.78, 5) is 0. The predicted octanol–water partition coefficient (Wildman–Crippen LogP) is 1.78. The fourth-order valence-corrected chi connectivity index (χ4v) is 2.00. The first-order chi connectivity index (χ1) is 6.49. The van der Waals surface area contributed by atoms with E-state index in [1.807, 2.05) is 11.8 Å². The molecule has 0 aliphatic carbocycles. The largest absolute Gasteiger partial charge is 0.385 e. The third-order valence-corrected chi connectivity index (χ3v) is 3.29. The number of rotatable bonds is 7. The van der Waals surface area contributed by atoms with E-state index in [1.165, 1.54) is 0 Å². The summed E-state index contributed by atoms with van der Waals surface area (Å²) in [5, 5.41) is 0. The van der Waals surface area contributed by atoms with Gasteiger partial charge in [-0.1, -0.05) is 20.8 Å². The molecule has 0 bridgehead atoms. The van der Waals surface area contributed by atoms with Crippen LogP contribution in [0.15, 0.2) is 0 Å². The number of nitrogens with one attached hydrogen (secondary N) is 1. The van der Waals surface area contributed by atoms with Gasteiger partial charge in [0, 0.05) is 30.3 Å². The van der Waals surface area contributed by atoms with Crippen LogP contribution in [-0.2, 0) is 4.74 Å². The van der Waals surface area contributed by atoms with E-state index in [9.17, 15) is 0 Å². The molecular formula is C10H24N2OS. The molecule has 14 heavy (non-hydrogen) atoms. The molecule has 0 fully saturated rings. The topological polar surface area (TPSA) is 47.3 Å². The molecule has 0 radical (unpaired) electrons. The van der Waals surface area contributed by atoms with Gasteiger partial charge in [0.15, 0.2) is 0 Å². The van der Waals surface area contributed by atoms with E-state index in [1.54, 1.807) is 7.11 Å². The summed E-state index contributed by atoms with van der Waals surface area (Å²) in [6.45, 7) is 7.49. The minimum atomic E-state index is 0.316. The number of methoxy groups -OCH3 is 1. The van der Waals surface area contributed by atoms with Crippen LogP contribution in [-0.4, -0.2) is 30.3 Å². The molecular weight excluding hydrogens is 196 g/mol. The first kappa shape index (κ1) is 14.2. The van der Waals surface area contributed by atoms with E-state index < -0.39 is 0 Å². The molecule has 0 spiro atoms. The van der Waals surface area contributed by atoms with Crippen LogP contribution in [0, 0.1) is 0 Å². The van der Waals surface area contributed by atoms with Gasteiger partial charge >= 0.3 is 0 Å². The van der Waals surface area contributed by atoms with Gasteiger partial charge in [-0.2, -0.15) is 11.8 Å². The Morgan fingerprint density at radius 2 is 2.07 bits per heavy atom. The number of hydrazine groups is 1. The molecule has 1 atom stereocenters. The highest BCUT2D eigenvalue weighted by atomic mass is 32.2. The maximum absolute atomic E-state index is 5.48. The van der Waals surface area contributed by atoms with Crippen molar-refractivity contribution in [1.29, 1.82) is 0 Å². The molecule has 0 heterocycles. The van der Waals surface area contributed by atoms with Gasteiger partial charge in [-0.05, 0) is 12.8 Å². The summed E-state index contributed by atoms with van der Waals surface area (Å²) in [6, 6.07) is 0.398. The Morgan fingerprint density at radius 3 is 2.50 bits per heavy atom. The van der Waals surface area contributed by atoms with Crippen molar-refractivity contribution in [3.63, 3.8) is 0 Å². The third kappa shape index (κ3) is 8.81. The lowest BCUT2D eigenvalue weighted by Crippen LogP contribution is -2.38. The Bertz CT molecular complexity index is 137. The molecule has 0 aliphatic rings. The second-order valence-electron chi connectivity index (χ2n) is 4.42. The van der Waals surface area contributed by atoms with E-state index in [-0.39, 0.29) is 0 Å². The zero-order chi connectivity index (χ0) is 11.0. The summed E-state index contributed by atoms with van der Waals surface area (Å²) < 4.78 is 5.32. The van der Waals surface area contributed by atoms with Crippen molar-refractivity contribution in [2.45, 2.75) is 44.4 Å². The zero-order valence-corrected chi connectivity index (χ0v) is 10.6. The summed E-state index contributed by atoms with van der Waals surface area (Å²) in [6.07, 6.45) is 2.14. The first-order valence-electron chi connectivity index (χ1n) is 5.08. The maximum atomic E-state index is 5.48. The molecule has 4 heteroatoms. The van der Waals surface area contributed by atoms with E-state index in [0.29, 0.717) is 10.8 Å². The van der Waals surface area contributed by atoms with Crippen LogP contribution >= 0.6 is 11.8 Å². The number of nitrogens with two attached hydrogens (primary N) is 1. The molecule has 1 unspecified atom stereocenters. The lowest BCUT2D eigenvalue weighted by Gasteiger charge is -2.22. The second-order valence-corrected chi connectivity index (χ2v) is 6.27. The molecule has 0 saturated carbocycles. The Labute approximate surface area is 92.1 Å². The third-order valence-electron chi connectivity index (χ3n) is 1.85. The molecule has 0 aromatic carbocycles. The minimum Gasteiger partial charge on any atom is -0.385 e. The normalized spacial score (nSPS) is 14.4. The Hall–Kier alpha value is 0.230. The van der Waals surface area contributed by atoms with E-state index in [4.69, 9.17) is 10.6 Å². The second kappa shape index (κ2) is 7.51. The Kier molecular flexibility index (Phi) is 7.64. The van der Waals surface area contributed by atoms with Crippen molar-refractivity contribution in [3.05, 3.63) is 0 Å². The maximum Gasteiger partial charge on any atom is 0.0462 e. The van der Waals surface area contributed by atoms with Crippen molar-refractivity contribution in [1.82, 2.24) is 5.43 Å². The van der Waals surface area contributed by atoms with Crippen LogP contribution in [0.2, 0.25) is 0 Å². The number of ether oxygens (including phenoxy) is 1. The molecule has 3 N–H and O–H groups in total. The summed E-state index contributed by atoms with van der Waals surface area (Å²) >= 11 is 1.94. The number of hydrogen-bond acceptors (Lipinski definition) is 4. The Morgan fingerprint density at radius 1 is 1.43 bits per heavy atom. The fraction of sp³-hybridized carbons (Fsp3) is 1.00. The van der Waals surface area contributed by atoms with Crippen LogP contribution in [0.5, 0.6) is 0 Å². The lowest BCUT2D eigenvalue weighted by molar-refractivity contribution is 0.189.